The fourth-order valence-corrected chi connectivity index (χ4v) is 5.27. The van der Waals surface area contributed by atoms with E-state index in [1.54, 1.807) is 24.3 Å². The average molecular weight is 416 g/mol. The topological polar surface area (TPSA) is 69.7 Å². The first kappa shape index (κ1) is 22.1. The lowest BCUT2D eigenvalue weighted by Gasteiger charge is -2.25. The van der Waals surface area contributed by atoms with Crippen LogP contribution in [-0.4, -0.2) is 62.8 Å². The number of carbonyl (C=O) groups excluding carboxylic acids is 1. The van der Waals surface area contributed by atoms with Crippen LogP contribution >= 0.6 is 12.4 Å². The first-order valence-corrected chi connectivity index (χ1v) is 11.0. The van der Waals surface area contributed by atoms with Crippen molar-refractivity contribution in [1.29, 1.82) is 0 Å². The van der Waals surface area contributed by atoms with Crippen molar-refractivity contribution in [2.75, 3.05) is 39.3 Å². The summed E-state index contributed by atoms with van der Waals surface area (Å²) in [6.07, 6.45) is 4.51. The summed E-state index contributed by atoms with van der Waals surface area (Å²) in [7, 11) is -3.48. The molecule has 0 saturated carbocycles. The quantitative estimate of drug-likeness (QED) is 0.799. The average Bonchev–Trinajstić information content (AvgIpc) is 2.94. The zero-order chi connectivity index (χ0) is 18.4. The second-order valence-corrected chi connectivity index (χ2v) is 9.12. The maximum absolute atomic E-state index is 12.8. The molecular weight excluding hydrogens is 386 g/mol. The van der Waals surface area contributed by atoms with E-state index in [4.69, 9.17) is 0 Å². The number of sulfonamides is 1. The lowest BCUT2D eigenvalue weighted by atomic mass is 9.93. The summed E-state index contributed by atoms with van der Waals surface area (Å²) in [5, 5.41) is 3.35. The van der Waals surface area contributed by atoms with Gasteiger partial charge in [-0.3, -0.25) is 4.79 Å². The summed E-state index contributed by atoms with van der Waals surface area (Å²) in [6.45, 7) is 4.07. The molecule has 1 aromatic rings. The van der Waals surface area contributed by atoms with Gasteiger partial charge in [0.25, 0.3) is 0 Å². The number of piperidine rings is 1. The second kappa shape index (κ2) is 10.4. The van der Waals surface area contributed by atoms with Gasteiger partial charge in [-0.2, -0.15) is 4.31 Å². The Hall–Kier alpha value is -1.15. The molecule has 0 radical (unpaired) electrons. The number of benzene rings is 1. The van der Waals surface area contributed by atoms with Gasteiger partial charge in [0.15, 0.2) is 0 Å². The molecule has 27 heavy (non-hydrogen) atoms. The van der Waals surface area contributed by atoms with Crippen molar-refractivity contribution in [3.63, 3.8) is 0 Å². The highest BCUT2D eigenvalue weighted by atomic mass is 35.5. The van der Waals surface area contributed by atoms with Gasteiger partial charge in [0.2, 0.25) is 15.9 Å². The van der Waals surface area contributed by atoms with Crippen molar-refractivity contribution < 1.29 is 13.2 Å². The molecule has 0 bridgehead atoms. The Balaban J connectivity index is 0.00000261. The Morgan fingerprint density at radius 1 is 1.04 bits per heavy atom. The Morgan fingerprint density at radius 2 is 1.74 bits per heavy atom. The van der Waals surface area contributed by atoms with Gasteiger partial charge in [0, 0.05) is 32.6 Å². The van der Waals surface area contributed by atoms with Gasteiger partial charge in [0.05, 0.1) is 4.90 Å². The largest absolute Gasteiger partial charge is 0.341 e. The van der Waals surface area contributed by atoms with Gasteiger partial charge in [-0.15, -0.1) is 12.4 Å². The summed E-state index contributed by atoms with van der Waals surface area (Å²) in [5.74, 6) is 0.810. The minimum absolute atomic E-state index is 0. The molecule has 0 aromatic heterocycles. The molecule has 2 aliphatic heterocycles. The van der Waals surface area contributed by atoms with Crippen LogP contribution in [0.1, 0.15) is 32.1 Å². The molecule has 1 aromatic carbocycles. The number of nitrogens with zero attached hydrogens (tertiary/aromatic N) is 2. The van der Waals surface area contributed by atoms with Gasteiger partial charge >= 0.3 is 0 Å². The Bertz CT molecular complexity index is 693. The molecule has 152 valence electrons. The smallest absolute Gasteiger partial charge is 0.243 e. The van der Waals surface area contributed by atoms with Crippen molar-refractivity contribution in [3.8, 4) is 0 Å². The lowest BCUT2D eigenvalue weighted by molar-refractivity contribution is -0.131. The molecule has 0 aliphatic carbocycles. The Morgan fingerprint density at radius 3 is 2.44 bits per heavy atom. The molecule has 8 heteroatoms. The Labute approximate surface area is 168 Å². The van der Waals surface area contributed by atoms with E-state index in [1.807, 2.05) is 11.0 Å². The summed E-state index contributed by atoms with van der Waals surface area (Å²) in [6, 6.07) is 8.54. The fourth-order valence-electron chi connectivity index (χ4n) is 3.78. The molecule has 2 fully saturated rings. The zero-order valence-corrected chi connectivity index (χ0v) is 17.3. The lowest BCUT2D eigenvalue weighted by Crippen LogP contribution is -2.37. The maximum Gasteiger partial charge on any atom is 0.243 e. The highest BCUT2D eigenvalue weighted by Crippen LogP contribution is 2.20. The van der Waals surface area contributed by atoms with Crippen molar-refractivity contribution >= 4 is 28.3 Å². The first-order chi connectivity index (χ1) is 12.6. The molecular formula is C19H30ClN3O3S. The third-order valence-electron chi connectivity index (χ3n) is 5.41. The van der Waals surface area contributed by atoms with E-state index in [9.17, 15) is 13.2 Å². The van der Waals surface area contributed by atoms with Crippen LogP contribution in [0.4, 0.5) is 0 Å². The van der Waals surface area contributed by atoms with Crippen molar-refractivity contribution in [3.05, 3.63) is 30.3 Å². The first-order valence-electron chi connectivity index (χ1n) is 9.61. The van der Waals surface area contributed by atoms with Crippen LogP contribution in [0.15, 0.2) is 35.2 Å². The number of hydrogen-bond acceptors (Lipinski definition) is 4. The fraction of sp³-hybridized carbons (Fsp3) is 0.632. The van der Waals surface area contributed by atoms with Crippen molar-refractivity contribution in [1.82, 2.24) is 14.5 Å². The van der Waals surface area contributed by atoms with Crippen LogP contribution in [0.3, 0.4) is 0 Å². The molecule has 0 spiro atoms. The van der Waals surface area contributed by atoms with Crippen LogP contribution in [0.5, 0.6) is 0 Å². The molecule has 0 unspecified atom stereocenters. The predicted molar refractivity (Wildman–Crippen MR) is 108 cm³/mol. The zero-order valence-electron chi connectivity index (χ0n) is 15.7. The van der Waals surface area contributed by atoms with Crippen LogP contribution in [-0.2, 0) is 14.8 Å². The summed E-state index contributed by atoms with van der Waals surface area (Å²) < 4.78 is 27.0. The summed E-state index contributed by atoms with van der Waals surface area (Å²) in [5.41, 5.74) is 0. The van der Waals surface area contributed by atoms with E-state index in [0.717, 1.165) is 32.4 Å². The molecule has 6 nitrogen and oxygen atoms in total. The molecule has 2 aliphatic rings. The Kier molecular flexibility index (Phi) is 8.54. The van der Waals surface area contributed by atoms with Gasteiger partial charge in [-0.05, 0) is 56.8 Å². The SMILES string of the molecule is Cl.O=C(CCC1CCNCC1)N1CCCN(S(=O)(=O)c2ccccc2)CC1. The van der Waals surface area contributed by atoms with Gasteiger partial charge in [-0.1, -0.05) is 18.2 Å². The molecule has 0 atom stereocenters. The highest BCUT2D eigenvalue weighted by molar-refractivity contribution is 7.89. The van der Waals surface area contributed by atoms with E-state index >= 15 is 0 Å². The van der Waals surface area contributed by atoms with E-state index in [1.165, 1.54) is 4.31 Å². The van der Waals surface area contributed by atoms with E-state index < -0.39 is 10.0 Å². The minimum Gasteiger partial charge on any atom is -0.341 e. The predicted octanol–water partition coefficient (Wildman–Crippen LogP) is 2.11. The number of nitrogens with one attached hydrogen (secondary N) is 1. The standard InChI is InChI=1S/C19H29N3O3S.ClH/c23-19(8-7-17-9-11-20-12-10-17)21-13-4-14-22(16-15-21)26(24,25)18-5-2-1-3-6-18;/h1-3,5-6,17,20H,4,7-16H2;1H. The third kappa shape index (κ3) is 5.91. The van der Waals surface area contributed by atoms with Crippen LogP contribution in [0, 0.1) is 5.92 Å². The monoisotopic (exact) mass is 415 g/mol. The number of amides is 1. The number of carbonyl (C=O) groups is 1. The van der Waals surface area contributed by atoms with Gasteiger partial charge in [-0.25, -0.2) is 8.42 Å². The minimum atomic E-state index is -3.48. The number of hydrogen-bond donors (Lipinski definition) is 1. The van der Waals surface area contributed by atoms with Crippen LogP contribution in [0.2, 0.25) is 0 Å². The highest BCUT2D eigenvalue weighted by Gasteiger charge is 2.28. The third-order valence-corrected chi connectivity index (χ3v) is 7.33. The molecule has 1 amide bonds. The molecule has 1 N–H and O–H groups in total. The number of rotatable bonds is 5. The summed E-state index contributed by atoms with van der Waals surface area (Å²) in [4.78, 5) is 14.7. The van der Waals surface area contributed by atoms with Crippen LogP contribution < -0.4 is 5.32 Å². The van der Waals surface area contributed by atoms with E-state index in [-0.39, 0.29) is 18.3 Å². The maximum atomic E-state index is 12.8. The molecule has 3 rings (SSSR count). The normalized spacial score (nSPS) is 19.9. The molecule has 2 heterocycles. The van der Waals surface area contributed by atoms with Gasteiger partial charge < -0.3 is 10.2 Å². The summed E-state index contributed by atoms with van der Waals surface area (Å²) >= 11 is 0. The van der Waals surface area contributed by atoms with Crippen molar-refractivity contribution in [2.24, 2.45) is 5.92 Å². The number of halogens is 1. The second-order valence-electron chi connectivity index (χ2n) is 7.18. The van der Waals surface area contributed by atoms with Crippen molar-refractivity contribution in [2.45, 2.75) is 37.0 Å². The van der Waals surface area contributed by atoms with Crippen LogP contribution in [0.25, 0.3) is 0 Å². The molecule has 2 saturated heterocycles. The van der Waals surface area contributed by atoms with E-state index in [0.29, 0.717) is 49.8 Å². The van der Waals surface area contributed by atoms with Gasteiger partial charge in [0.1, 0.15) is 0 Å². The van der Waals surface area contributed by atoms with E-state index in [2.05, 4.69) is 5.32 Å².